The molecule has 0 radical (unpaired) electrons. The molecule has 2 aromatic carbocycles. The average molecular weight is 610 g/mol. The maximum Gasteiger partial charge on any atom is 0.333 e. The number of H-pyrrole nitrogens is 1. The molecule has 0 saturated carbocycles. The van der Waals surface area contributed by atoms with Crippen LogP contribution in [0.4, 0.5) is 13.2 Å². The molecule has 0 aliphatic carbocycles. The Morgan fingerprint density at radius 1 is 1.05 bits per heavy atom. The molecule has 0 aliphatic heterocycles. The molecule has 0 atom stereocenters. The molecule has 226 valence electrons. The van der Waals surface area contributed by atoms with E-state index in [9.17, 15) is 32.7 Å². The Morgan fingerprint density at radius 3 is 2.26 bits per heavy atom. The lowest BCUT2D eigenvalue weighted by molar-refractivity contribution is -0.254. The lowest BCUT2D eigenvalue weighted by atomic mass is 9.93. The molecule has 42 heavy (non-hydrogen) atoms. The van der Waals surface area contributed by atoms with Crippen molar-refractivity contribution >= 4 is 28.2 Å². The number of nitrogens with one attached hydrogen (secondary N) is 1. The molecular weight excluding hydrogens is 581 g/mol. The maximum atomic E-state index is 14.9. The molecule has 0 amide bonds. The van der Waals surface area contributed by atoms with E-state index in [0.29, 0.717) is 27.9 Å². The number of methoxy groups -OCH3 is 2. The number of carboxylic acids is 1. The van der Waals surface area contributed by atoms with Gasteiger partial charge in [-0.25, -0.2) is 22.5 Å². The summed E-state index contributed by atoms with van der Waals surface area (Å²) in [5, 5.41) is 20.6. The Balaban J connectivity index is 0.000000616. The topological polar surface area (TPSA) is 143 Å². The van der Waals surface area contributed by atoms with E-state index < -0.39 is 51.8 Å². The first-order chi connectivity index (χ1) is 19.7. The highest BCUT2D eigenvalue weighted by Crippen LogP contribution is 2.34. The summed E-state index contributed by atoms with van der Waals surface area (Å²) < 4.78 is 58.9. The van der Waals surface area contributed by atoms with Crippen molar-refractivity contribution < 1.29 is 42.4 Å². The van der Waals surface area contributed by atoms with Gasteiger partial charge in [0, 0.05) is 24.1 Å². The Hall–Kier alpha value is -4.30. The van der Waals surface area contributed by atoms with E-state index >= 15 is 0 Å². The van der Waals surface area contributed by atoms with E-state index in [1.54, 1.807) is 0 Å². The summed E-state index contributed by atoms with van der Waals surface area (Å²) in [5.74, 6) is -5.54. The standard InChI is InChI=1S/C22H15F3N2O7S.C6H14O/c1-32-14-4-3-10(23)18(25)9(14)7-34-16-6-13(11(24)5-15(16)33-2)27-20(28)17-12(26-22(27)31)8-35-19(17)21(29)30;1-6(2,3)4-5-7/h3-6,8H,7H2,1-2H3,(H,26,31)(H,29,30);7H,4-5H2,1-3H3/p-1. The van der Waals surface area contributed by atoms with Crippen LogP contribution in [-0.4, -0.2) is 41.5 Å². The van der Waals surface area contributed by atoms with Gasteiger partial charge in [0.25, 0.3) is 5.56 Å². The second-order valence-electron chi connectivity index (χ2n) is 10.0. The number of aliphatic hydroxyl groups is 1. The number of benzene rings is 2. The van der Waals surface area contributed by atoms with Gasteiger partial charge in [0.2, 0.25) is 0 Å². The van der Waals surface area contributed by atoms with E-state index in [1.807, 2.05) is 0 Å². The number of hydrogen-bond donors (Lipinski definition) is 2. The number of carboxylic acid groups (broad SMARTS) is 1. The number of rotatable bonds is 8. The first-order valence-corrected chi connectivity index (χ1v) is 13.2. The summed E-state index contributed by atoms with van der Waals surface area (Å²) in [6, 6.07) is 3.81. The number of hydrogen-bond acceptors (Lipinski definition) is 9. The molecule has 0 fully saturated rings. The number of carbonyl (C=O) groups excluding carboxylic acids is 1. The van der Waals surface area contributed by atoms with Gasteiger partial charge < -0.3 is 34.2 Å². The number of carbonyl (C=O) groups is 1. The monoisotopic (exact) mass is 609 g/mol. The second kappa shape index (κ2) is 13.1. The number of aromatic carboxylic acids is 1. The highest BCUT2D eigenvalue weighted by atomic mass is 32.1. The number of nitrogens with zero attached hydrogens (tertiary/aromatic N) is 1. The van der Waals surface area contributed by atoms with Crippen LogP contribution in [0.2, 0.25) is 0 Å². The number of fused-ring (bicyclic) bond motifs is 1. The highest BCUT2D eigenvalue weighted by Gasteiger charge is 2.22. The van der Waals surface area contributed by atoms with Crippen LogP contribution in [0.5, 0.6) is 17.2 Å². The number of aromatic nitrogens is 2. The minimum absolute atomic E-state index is 0.0180. The van der Waals surface area contributed by atoms with Gasteiger partial charge in [-0.2, -0.15) is 0 Å². The lowest BCUT2D eigenvalue weighted by Crippen LogP contribution is -2.35. The van der Waals surface area contributed by atoms with Gasteiger partial charge in [-0.05, 0) is 24.0 Å². The van der Waals surface area contributed by atoms with E-state index in [1.165, 1.54) is 25.7 Å². The number of ether oxygens (including phenoxy) is 3. The van der Waals surface area contributed by atoms with Crippen molar-refractivity contribution in [1.82, 2.24) is 9.55 Å². The van der Waals surface area contributed by atoms with Gasteiger partial charge in [0.05, 0.1) is 47.2 Å². The SMILES string of the molecule is CC(C)(C)CCO.COc1cc(F)c(-n2c(=O)[nH]c3csc(C(=O)[O-])c3c2=O)cc1OCc1c(OC)ccc(F)c1F. The van der Waals surface area contributed by atoms with Crippen LogP contribution >= 0.6 is 11.3 Å². The molecule has 10 nitrogen and oxygen atoms in total. The summed E-state index contributed by atoms with van der Waals surface area (Å²) in [7, 11) is 2.43. The summed E-state index contributed by atoms with van der Waals surface area (Å²) in [5.41, 5.74) is -2.81. The Bertz CT molecular complexity index is 1720. The van der Waals surface area contributed by atoms with Gasteiger partial charge in [-0.15, -0.1) is 11.3 Å². The fraction of sp³-hybridized carbons (Fsp3) is 0.321. The van der Waals surface area contributed by atoms with Crippen molar-refractivity contribution in [2.45, 2.75) is 33.8 Å². The molecule has 4 rings (SSSR count). The molecule has 2 aromatic heterocycles. The molecular formula is C28H28F3N2O8S-. The van der Waals surface area contributed by atoms with Gasteiger partial charge in [0.1, 0.15) is 12.4 Å². The minimum Gasteiger partial charge on any atom is -0.544 e. The van der Waals surface area contributed by atoms with Crippen molar-refractivity contribution in [2.24, 2.45) is 5.41 Å². The first kappa shape index (κ1) is 32.2. The van der Waals surface area contributed by atoms with Crippen LogP contribution in [-0.2, 0) is 6.61 Å². The van der Waals surface area contributed by atoms with E-state index in [0.717, 1.165) is 24.6 Å². The minimum atomic E-state index is -1.65. The number of aliphatic hydroxyl groups excluding tert-OH is 1. The third kappa shape index (κ3) is 6.94. The fourth-order valence-electron chi connectivity index (χ4n) is 3.76. The normalized spacial score (nSPS) is 11.2. The first-order valence-electron chi connectivity index (χ1n) is 12.3. The number of aromatic amines is 1. The third-order valence-corrected chi connectivity index (χ3v) is 6.88. The van der Waals surface area contributed by atoms with Crippen molar-refractivity contribution in [2.75, 3.05) is 20.8 Å². The van der Waals surface area contributed by atoms with Crippen LogP contribution in [0, 0.1) is 22.9 Å². The van der Waals surface area contributed by atoms with Crippen molar-refractivity contribution in [3.8, 4) is 22.9 Å². The largest absolute Gasteiger partial charge is 0.544 e. The average Bonchev–Trinajstić information content (AvgIpc) is 3.34. The quantitative estimate of drug-likeness (QED) is 0.309. The van der Waals surface area contributed by atoms with Crippen LogP contribution in [0.1, 0.15) is 42.4 Å². The zero-order chi connectivity index (χ0) is 31.4. The van der Waals surface area contributed by atoms with Gasteiger partial charge in [-0.3, -0.25) is 4.79 Å². The Kier molecular flexibility index (Phi) is 10.1. The number of halogens is 3. The van der Waals surface area contributed by atoms with Gasteiger partial charge >= 0.3 is 5.69 Å². The summed E-state index contributed by atoms with van der Waals surface area (Å²) in [4.78, 5) is 38.8. The smallest absolute Gasteiger partial charge is 0.333 e. The molecule has 2 N–H and O–H groups in total. The highest BCUT2D eigenvalue weighted by molar-refractivity contribution is 7.13. The Labute approximate surface area is 241 Å². The third-order valence-electron chi connectivity index (χ3n) is 5.92. The predicted molar refractivity (Wildman–Crippen MR) is 147 cm³/mol. The maximum absolute atomic E-state index is 14.9. The summed E-state index contributed by atoms with van der Waals surface area (Å²) in [6.45, 7) is 6.07. The van der Waals surface area contributed by atoms with E-state index in [2.05, 4.69) is 25.8 Å². The molecule has 0 bridgehead atoms. The van der Waals surface area contributed by atoms with Crippen LogP contribution in [0.25, 0.3) is 16.6 Å². The zero-order valence-electron chi connectivity index (χ0n) is 23.3. The molecule has 0 unspecified atom stereocenters. The second-order valence-corrected chi connectivity index (χ2v) is 10.9. The van der Waals surface area contributed by atoms with Crippen LogP contribution in [0.3, 0.4) is 0 Å². The number of thiophene rings is 1. The van der Waals surface area contributed by atoms with Crippen molar-refractivity contribution in [3.05, 3.63) is 78.4 Å². The van der Waals surface area contributed by atoms with E-state index in [-0.39, 0.29) is 33.7 Å². The van der Waals surface area contributed by atoms with Gasteiger partial charge in [0.15, 0.2) is 29.0 Å². The Morgan fingerprint density at radius 2 is 1.71 bits per heavy atom. The summed E-state index contributed by atoms with van der Waals surface area (Å²) >= 11 is 0.661. The predicted octanol–water partition coefficient (Wildman–Crippen LogP) is 3.53. The molecule has 14 heteroatoms. The van der Waals surface area contributed by atoms with Crippen LogP contribution < -0.4 is 30.6 Å². The molecule has 0 aliphatic rings. The fourth-order valence-corrected chi connectivity index (χ4v) is 4.58. The van der Waals surface area contributed by atoms with E-state index in [4.69, 9.17) is 19.3 Å². The summed E-state index contributed by atoms with van der Waals surface area (Å²) in [6.07, 6.45) is 0.896. The lowest BCUT2D eigenvalue weighted by Gasteiger charge is -2.16. The zero-order valence-corrected chi connectivity index (χ0v) is 24.1. The van der Waals surface area contributed by atoms with Gasteiger partial charge in [-0.1, -0.05) is 20.8 Å². The molecule has 2 heterocycles. The van der Waals surface area contributed by atoms with Crippen molar-refractivity contribution in [3.63, 3.8) is 0 Å². The molecule has 0 saturated heterocycles. The molecule has 0 spiro atoms. The van der Waals surface area contributed by atoms with Crippen LogP contribution in [0.15, 0.2) is 39.2 Å². The molecule has 4 aromatic rings. The van der Waals surface area contributed by atoms with Crippen molar-refractivity contribution in [1.29, 1.82) is 0 Å².